The zero-order valence-corrected chi connectivity index (χ0v) is 9.07. The molecule has 2 atom stereocenters. The molecule has 0 saturated carbocycles. The number of benzene rings is 1. The lowest BCUT2D eigenvalue weighted by molar-refractivity contribution is 0.170. The summed E-state index contributed by atoms with van der Waals surface area (Å²) in [6, 6.07) is 9.41. The van der Waals surface area contributed by atoms with Crippen molar-refractivity contribution in [1.29, 1.82) is 0 Å². The van der Waals surface area contributed by atoms with Crippen molar-refractivity contribution in [3.05, 3.63) is 35.4 Å². The van der Waals surface area contributed by atoms with Gasteiger partial charge in [-0.1, -0.05) is 24.3 Å². The average Bonchev–Trinajstić information content (AvgIpc) is 2.41. The minimum atomic E-state index is 0.0706. The third kappa shape index (κ3) is 1.29. The minimum absolute atomic E-state index is 0.0706. The second-order valence-corrected chi connectivity index (χ2v) is 4.29. The van der Waals surface area contributed by atoms with Gasteiger partial charge in [0.25, 0.3) is 0 Å². The van der Waals surface area contributed by atoms with Crippen LogP contribution in [0.1, 0.15) is 43.9 Å². The first-order valence-electron chi connectivity index (χ1n) is 5.24. The number of hydrogen-bond acceptors (Lipinski definition) is 1. The average molecular weight is 185 g/mol. The van der Waals surface area contributed by atoms with Gasteiger partial charge in [0.05, 0.1) is 7.85 Å². The maximum atomic E-state index is 6.21. The van der Waals surface area contributed by atoms with Crippen LogP contribution < -0.4 is 0 Å². The molecule has 2 heteroatoms. The summed E-state index contributed by atoms with van der Waals surface area (Å²) in [5, 5.41) is 0. The van der Waals surface area contributed by atoms with Crippen LogP contribution in [0.15, 0.2) is 24.3 Å². The van der Waals surface area contributed by atoms with Gasteiger partial charge in [0.1, 0.15) is 0 Å². The van der Waals surface area contributed by atoms with Crippen molar-refractivity contribution >= 4 is 7.85 Å². The summed E-state index contributed by atoms with van der Waals surface area (Å²) >= 11 is 0. The van der Waals surface area contributed by atoms with Crippen LogP contribution in [-0.4, -0.2) is 18.8 Å². The number of nitrogens with zero attached hydrogens (tertiary/aromatic N) is 1. The Bertz CT molecular complexity index is 306. The van der Waals surface area contributed by atoms with E-state index in [1.54, 1.807) is 0 Å². The van der Waals surface area contributed by atoms with Crippen molar-refractivity contribution in [3.8, 4) is 0 Å². The SMILES string of the molecule is [B]C1c2ccccc2C(C)N1C(C)C. The van der Waals surface area contributed by atoms with Gasteiger partial charge in [-0.25, -0.2) is 0 Å². The van der Waals surface area contributed by atoms with Gasteiger partial charge in [-0.05, 0) is 37.8 Å². The molecular weight excluding hydrogens is 169 g/mol. The second-order valence-electron chi connectivity index (χ2n) is 4.29. The molecule has 0 spiro atoms. The van der Waals surface area contributed by atoms with Crippen molar-refractivity contribution in [2.45, 2.75) is 38.8 Å². The molecule has 1 nitrogen and oxygen atoms in total. The molecule has 1 aliphatic heterocycles. The maximum absolute atomic E-state index is 6.21. The van der Waals surface area contributed by atoms with Crippen molar-refractivity contribution in [2.75, 3.05) is 0 Å². The molecule has 2 radical (unpaired) electrons. The summed E-state index contributed by atoms with van der Waals surface area (Å²) in [6.45, 7) is 6.62. The Balaban J connectivity index is 2.43. The lowest BCUT2D eigenvalue weighted by atomic mass is 9.88. The minimum Gasteiger partial charge on any atom is -0.296 e. The summed E-state index contributed by atoms with van der Waals surface area (Å²) in [6.07, 6.45) is 0. The highest BCUT2D eigenvalue weighted by Crippen LogP contribution is 2.40. The fraction of sp³-hybridized carbons (Fsp3) is 0.500. The van der Waals surface area contributed by atoms with Gasteiger partial charge in [-0.3, -0.25) is 4.90 Å². The molecule has 72 valence electrons. The van der Waals surface area contributed by atoms with Crippen LogP contribution in [0, 0.1) is 0 Å². The van der Waals surface area contributed by atoms with Gasteiger partial charge in [-0.15, -0.1) is 0 Å². The molecule has 2 rings (SSSR count). The third-order valence-corrected chi connectivity index (χ3v) is 3.13. The van der Waals surface area contributed by atoms with E-state index in [9.17, 15) is 0 Å². The fourth-order valence-electron chi connectivity index (χ4n) is 2.49. The quantitative estimate of drug-likeness (QED) is 0.608. The molecule has 0 saturated heterocycles. The van der Waals surface area contributed by atoms with Crippen LogP contribution in [-0.2, 0) is 0 Å². The summed E-state index contributed by atoms with van der Waals surface area (Å²) in [7, 11) is 6.21. The molecular formula is C12H16BN. The largest absolute Gasteiger partial charge is 0.296 e. The van der Waals surface area contributed by atoms with Crippen LogP contribution in [0.4, 0.5) is 0 Å². The zero-order chi connectivity index (χ0) is 10.3. The first-order chi connectivity index (χ1) is 6.63. The van der Waals surface area contributed by atoms with Crippen LogP contribution >= 0.6 is 0 Å². The molecule has 2 unspecified atom stereocenters. The molecule has 0 fully saturated rings. The van der Waals surface area contributed by atoms with E-state index in [-0.39, 0.29) is 5.94 Å². The summed E-state index contributed by atoms with van der Waals surface area (Å²) in [5.74, 6) is 0.0706. The number of hydrogen-bond donors (Lipinski definition) is 0. The Labute approximate surface area is 87.5 Å². The molecule has 0 aromatic heterocycles. The van der Waals surface area contributed by atoms with Crippen molar-refractivity contribution < 1.29 is 0 Å². The van der Waals surface area contributed by atoms with E-state index < -0.39 is 0 Å². The highest BCUT2D eigenvalue weighted by atomic mass is 15.2. The van der Waals surface area contributed by atoms with E-state index in [2.05, 4.69) is 49.9 Å². The molecule has 1 aromatic rings. The fourth-order valence-corrected chi connectivity index (χ4v) is 2.49. The van der Waals surface area contributed by atoms with Gasteiger partial charge in [0.15, 0.2) is 0 Å². The predicted molar refractivity (Wildman–Crippen MR) is 60.3 cm³/mol. The lowest BCUT2D eigenvalue weighted by Crippen LogP contribution is -2.31. The van der Waals surface area contributed by atoms with E-state index in [0.29, 0.717) is 12.1 Å². The summed E-state index contributed by atoms with van der Waals surface area (Å²) in [4.78, 5) is 2.35. The Morgan fingerprint density at radius 3 is 2.29 bits per heavy atom. The topological polar surface area (TPSA) is 3.24 Å². The normalized spacial score (nSPS) is 26.9. The summed E-state index contributed by atoms with van der Waals surface area (Å²) < 4.78 is 0. The number of fused-ring (bicyclic) bond motifs is 1. The predicted octanol–water partition coefficient (Wildman–Crippen LogP) is 2.64. The van der Waals surface area contributed by atoms with Crippen LogP contribution in [0.3, 0.4) is 0 Å². The summed E-state index contributed by atoms with van der Waals surface area (Å²) in [5.41, 5.74) is 2.67. The van der Waals surface area contributed by atoms with Gasteiger partial charge >= 0.3 is 0 Å². The highest BCUT2D eigenvalue weighted by Gasteiger charge is 2.33. The van der Waals surface area contributed by atoms with E-state index >= 15 is 0 Å². The molecule has 0 aliphatic carbocycles. The zero-order valence-electron chi connectivity index (χ0n) is 9.07. The first-order valence-corrected chi connectivity index (χ1v) is 5.24. The van der Waals surface area contributed by atoms with E-state index in [4.69, 9.17) is 7.85 Å². The molecule has 0 bridgehead atoms. The van der Waals surface area contributed by atoms with Crippen LogP contribution in [0.25, 0.3) is 0 Å². The van der Waals surface area contributed by atoms with Crippen LogP contribution in [0.5, 0.6) is 0 Å². The van der Waals surface area contributed by atoms with Gasteiger partial charge in [0, 0.05) is 12.1 Å². The van der Waals surface area contributed by atoms with Gasteiger partial charge < -0.3 is 0 Å². The van der Waals surface area contributed by atoms with E-state index in [0.717, 1.165) is 0 Å². The van der Waals surface area contributed by atoms with Gasteiger partial charge in [0.2, 0.25) is 0 Å². The molecule has 1 aliphatic rings. The Morgan fingerprint density at radius 1 is 1.21 bits per heavy atom. The van der Waals surface area contributed by atoms with Crippen molar-refractivity contribution in [3.63, 3.8) is 0 Å². The third-order valence-electron chi connectivity index (χ3n) is 3.13. The molecule has 1 aromatic carbocycles. The first kappa shape index (κ1) is 9.79. The van der Waals surface area contributed by atoms with E-state index in [1.165, 1.54) is 11.1 Å². The molecule has 0 amide bonds. The second kappa shape index (κ2) is 3.43. The standard InChI is InChI=1S/C12H16BN/c1-8(2)14-9(3)10-6-4-5-7-11(10)12(14)13/h4-9,12H,1-3H3. The van der Waals surface area contributed by atoms with E-state index in [1.807, 2.05) is 0 Å². The lowest BCUT2D eigenvalue weighted by Gasteiger charge is -2.30. The number of rotatable bonds is 1. The maximum Gasteiger partial charge on any atom is 0.0976 e. The molecule has 1 heterocycles. The monoisotopic (exact) mass is 185 g/mol. The highest BCUT2D eigenvalue weighted by molar-refractivity contribution is 6.12. The molecule has 0 N–H and O–H groups in total. The van der Waals surface area contributed by atoms with Crippen LogP contribution in [0.2, 0.25) is 0 Å². The Kier molecular flexibility index (Phi) is 2.40. The Hall–Kier alpha value is -0.755. The van der Waals surface area contributed by atoms with Crippen molar-refractivity contribution in [2.24, 2.45) is 0 Å². The smallest absolute Gasteiger partial charge is 0.0976 e. The Morgan fingerprint density at radius 2 is 1.79 bits per heavy atom. The van der Waals surface area contributed by atoms with Gasteiger partial charge in [-0.2, -0.15) is 0 Å². The van der Waals surface area contributed by atoms with Crippen molar-refractivity contribution in [1.82, 2.24) is 4.90 Å². The molecule has 14 heavy (non-hydrogen) atoms.